The van der Waals surface area contributed by atoms with Crippen LogP contribution in [-0.4, -0.2) is 47.0 Å². The molecule has 1 aliphatic heterocycles. The molecule has 0 aliphatic carbocycles. The van der Waals surface area contributed by atoms with Crippen LogP contribution in [0.1, 0.15) is 19.5 Å². The van der Waals surface area contributed by atoms with E-state index in [2.05, 4.69) is 57.4 Å². The molecule has 1 saturated heterocycles. The summed E-state index contributed by atoms with van der Waals surface area (Å²) in [7, 11) is 0. The van der Waals surface area contributed by atoms with E-state index in [1.54, 1.807) is 0 Å². The van der Waals surface area contributed by atoms with Crippen molar-refractivity contribution in [2.75, 3.05) is 37.6 Å². The molecule has 3 rings (SSSR count). The summed E-state index contributed by atoms with van der Waals surface area (Å²) in [5, 5.41) is 0. The molecule has 0 atom stereocenters. The van der Waals surface area contributed by atoms with Crippen LogP contribution in [0, 0.1) is 0 Å². The van der Waals surface area contributed by atoms with Crippen LogP contribution in [0.3, 0.4) is 0 Å². The molecule has 0 unspecified atom stereocenters. The summed E-state index contributed by atoms with van der Waals surface area (Å²) in [6.45, 7) is 10.1. The number of piperazine rings is 1. The molecule has 0 N–H and O–H groups in total. The smallest absolute Gasteiger partial charge is 0.138 e. The Morgan fingerprint density at radius 3 is 2.58 bits per heavy atom. The largest absolute Gasteiger partial charge is 0.355 e. The number of imidazole rings is 1. The number of pyridine rings is 1. The van der Waals surface area contributed by atoms with Crippen molar-refractivity contribution in [1.29, 1.82) is 0 Å². The van der Waals surface area contributed by atoms with Gasteiger partial charge in [-0.1, -0.05) is 19.9 Å². The van der Waals surface area contributed by atoms with Crippen LogP contribution in [0.25, 0.3) is 5.65 Å². The first-order valence-electron chi connectivity index (χ1n) is 7.26. The van der Waals surface area contributed by atoms with Crippen molar-refractivity contribution in [2.24, 2.45) is 0 Å². The number of nitrogens with zero attached hydrogens (tertiary/aromatic N) is 4. The summed E-state index contributed by atoms with van der Waals surface area (Å²) >= 11 is 0. The molecule has 0 saturated carbocycles. The highest BCUT2D eigenvalue weighted by Crippen LogP contribution is 2.19. The summed E-state index contributed by atoms with van der Waals surface area (Å²) in [5.74, 6) is 1.28. The molecule has 0 amide bonds. The van der Waals surface area contributed by atoms with Gasteiger partial charge in [0.25, 0.3) is 0 Å². The maximum Gasteiger partial charge on any atom is 0.138 e. The minimum atomic E-state index is 0.991. The van der Waals surface area contributed by atoms with Gasteiger partial charge in [-0.3, -0.25) is 4.40 Å². The predicted octanol–water partition coefficient (Wildman–Crippen LogP) is 2.04. The standard InChI is InChI=1S/C15H22N4/c1-3-13-12-19-14(16-13)6-5-7-15(19)18-10-8-17(4-2)9-11-18/h5-7,12H,3-4,8-11H2,1-2H3. The molecule has 0 radical (unpaired) electrons. The summed E-state index contributed by atoms with van der Waals surface area (Å²) in [5.41, 5.74) is 2.23. The van der Waals surface area contributed by atoms with E-state index >= 15 is 0 Å². The van der Waals surface area contributed by atoms with Crippen LogP contribution in [0.4, 0.5) is 5.82 Å². The first-order valence-corrected chi connectivity index (χ1v) is 7.26. The Hall–Kier alpha value is -1.55. The van der Waals surface area contributed by atoms with Crippen LogP contribution in [0.15, 0.2) is 24.4 Å². The van der Waals surface area contributed by atoms with Crippen molar-refractivity contribution >= 4 is 11.5 Å². The summed E-state index contributed by atoms with van der Waals surface area (Å²) in [6, 6.07) is 6.41. The Balaban J connectivity index is 1.90. The molecule has 102 valence electrons. The van der Waals surface area contributed by atoms with Crippen LogP contribution < -0.4 is 4.90 Å². The number of rotatable bonds is 3. The average molecular weight is 258 g/mol. The zero-order valence-corrected chi connectivity index (χ0v) is 11.8. The van der Waals surface area contributed by atoms with E-state index in [0.29, 0.717) is 0 Å². The number of aromatic nitrogens is 2. The van der Waals surface area contributed by atoms with Gasteiger partial charge in [-0.15, -0.1) is 0 Å². The van der Waals surface area contributed by atoms with E-state index in [-0.39, 0.29) is 0 Å². The van der Waals surface area contributed by atoms with Crippen molar-refractivity contribution in [2.45, 2.75) is 20.3 Å². The Morgan fingerprint density at radius 1 is 1.11 bits per heavy atom. The van der Waals surface area contributed by atoms with Gasteiger partial charge in [0.05, 0.1) is 5.69 Å². The highest BCUT2D eigenvalue weighted by molar-refractivity contribution is 5.52. The molecule has 19 heavy (non-hydrogen) atoms. The van der Waals surface area contributed by atoms with Gasteiger partial charge in [-0.25, -0.2) is 4.98 Å². The first kappa shape index (κ1) is 12.5. The minimum absolute atomic E-state index is 0.991. The highest BCUT2D eigenvalue weighted by atomic mass is 15.3. The van der Waals surface area contributed by atoms with Gasteiger partial charge < -0.3 is 9.80 Å². The number of aryl methyl sites for hydroxylation is 1. The fourth-order valence-corrected chi connectivity index (χ4v) is 2.77. The molecule has 0 bridgehead atoms. The molecule has 2 aromatic heterocycles. The van der Waals surface area contributed by atoms with Gasteiger partial charge in [0, 0.05) is 32.4 Å². The lowest BCUT2D eigenvalue weighted by Gasteiger charge is -2.35. The van der Waals surface area contributed by atoms with Gasteiger partial charge in [0.1, 0.15) is 11.5 Å². The number of hydrogen-bond donors (Lipinski definition) is 0. The van der Waals surface area contributed by atoms with E-state index < -0.39 is 0 Å². The van der Waals surface area contributed by atoms with Crippen molar-refractivity contribution in [3.8, 4) is 0 Å². The third kappa shape index (κ3) is 2.32. The quantitative estimate of drug-likeness (QED) is 0.842. The van der Waals surface area contributed by atoms with E-state index in [1.807, 2.05) is 0 Å². The second-order valence-corrected chi connectivity index (χ2v) is 5.12. The monoisotopic (exact) mass is 258 g/mol. The zero-order valence-electron chi connectivity index (χ0n) is 11.8. The number of fused-ring (bicyclic) bond motifs is 1. The molecular formula is C15H22N4. The van der Waals surface area contributed by atoms with E-state index in [4.69, 9.17) is 0 Å². The molecule has 1 aliphatic rings. The Labute approximate surface area is 114 Å². The van der Waals surface area contributed by atoms with Crippen molar-refractivity contribution in [3.63, 3.8) is 0 Å². The molecule has 1 fully saturated rings. The fraction of sp³-hybridized carbons (Fsp3) is 0.533. The molecule has 2 aromatic rings. The minimum Gasteiger partial charge on any atom is -0.355 e. The predicted molar refractivity (Wildman–Crippen MR) is 78.9 cm³/mol. The lowest BCUT2D eigenvalue weighted by Crippen LogP contribution is -2.46. The van der Waals surface area contributed by atoms with Gasteiger partial charge >= 0.3 is 0 Å². The number of anilines is 1. The van der Waals surface area contributed by atoms with E-state index in [9.17, 15) is 0 Å². The molecule has 4 nitrogen and oxygen atoms in total. The average Bonchev–Trinajstić information content (AvgIpc) is 2.90. The van der Waals surface area contributed by atoms with Crippen LogP contribution >= 0.6 is 0 Å². The van der Waals surface area contributed by atoms with Crippen LogP contribution in [0.2, 0.25) is 0 Å². The van der Waals surface area contributed by atoms with E-state index in [1.165, 1.54) is 11.5 Å². The molecule has 0 spiro atoms. The SMILES string of the molecule is CCc1cn2c(N3CCN(CC)CC3)cccc2n1. The normalized spacial score (nSPS) is 17.3. The van der Waals surface area contributed by atoms with Gasteiger partial charge in [0.15, 0.2) is 0 Å². The summed E-state index contributed by atoms with van der Waals surface area (Å²) < 4.78 is 2.24. The first-order chi connectivity index (χ1) is 9.31. The second kappa shape index (κ2) is 5.21. The van der Waals surface area contributed by atoms with Crippen molar-refractivity contribution < 1.29 is 0 Å². The second-order valence-electron chi connectivity index (χ2n) is 5.12. The zero-order chi connectivity index (χ0) is 13.2. The number of likely N-dealkylation sites (N-methyl/N-ethyl adjacent to an activating group) is 1. The van der Waals surface area contributed by atoms with Crippen LogP contribution in [-0.2, 0) is 6.42 Å². The molecule has 0 aromatic carbocycles. The molecule has 3 heterocycles. The molecule has 4 heteroatoms. The number of hydrogen-bond acceptors (Lipinski definition) is 3. The van der Waals surface area contributed by atoms with Crippen molar-refractivity contribution in [3.05, 3.63) is 30.1 Å². The lowest BCUT2D eigenvalue weighted by atomic mass is 10.3. The maximum absolute atomic E-state index is 4.64. The summed E-state index contributed by atoms with van der Waals surface area (Å²) in [6.07, 6.45) is 3.17. The van der Waals surface area contributed by atoms with Crippen molar-refractivity contribution in [1.82, 2.24) is 14.3 Å². The fourth-order valence-electron chi connectivity index (χ4n) is 2.77. The molecular weight excluding hydrogens is 236 g/mol. The van der Waals surface area contributed by atoms with Crippen LogP contribution in [0.5, 0.6) is 0 Å². The Bertz CT molecular complexity index is 552. The van der Waals surface area contributed by atoms with Gasteiger partial charge in [-0.05, 0) is 25.1 Å². The Kier molecular flexibility index (Phi) is 3.42. The maximum atomic E-state index is 4.64. The Morgan fingerprint density at radius 2 is 1.89 bits per heavy atom. The van der Waals surface area contributed by atoms with Gasteiger partial charge in [0.2, 0.25) is 0 Å². The van der Waals surface area contributed by atoms with Gasteiger partial charge in [-0.2, -0.15) is 0 Å². The third-order valence-electron chi connectivity index (χ3n) is 4.03. The highest BCUT2D eigenvalue weighted by Gasteiger charge is 2.17. The van der Waals surface area contributed by atoms with E-state index in [0.717, 1.165) is 44.8 Å². The summed E-state index contributed by atoms with van der Waals surface area (Å²) in [4.78, 5) is 9.62. The third-order valence-corrected chi connectivity index (χ3v) is 4.03. The lowest BCUT2D eigenvalue weighted by molar-refractivity contribution is 0.270. The topological polar surface area (TPSA) is 23.8 Å².